The van der Waals surface area contributed by atoms with Crippen LogP contribution >= 0.6 is 11.3 Å². The first-order valence-corrected chi connectivity index (χ1v) is 9.59. The molecule has 2 aromatic carbocycles. The van der Waals surface area contributed by atoms with Crippen molar-refractivity contribution in [2.45, 2.75) is 6.92 Å². The van der Waals surface area contributed by atoms with Crippen molar-refractivity contribution in [2.75, 3.05) is 6.61 Å². The molecule has 0 aliphatic carbocycles. The van der Waals surface area contributed by atoms with Crippen molar-refractivity contribution >= 4 is 29.2 Å². The van der Waals surface area contributed by atoms with E-state index in [9.17, 15) is 9.59 Å². The zero-order valence-corrected chi connectivity index (χ0v) is 15.8. The summed E-state index contributed by atoms with van der Waals surface area (Å²) < 4.78 is 16.5. The van der Waals surface area contributed by atoms with Crippen LogP contribution in [-0.4, -0.2) is 18.4 Å². The number of thiophene rings is 1. The molecule has 0 unspecified atom stereocenters. The van der Waals surface area contributed by atoms with Crippen molar-refractivity contribution in [1.82, 2.24) is 0 Å². The summed E-state index contributed by atoms with van der Waals surface area (Å²) in [5.41, 5.74) is 1.26. The van der Waals surface area contributed by atoms with Gasteiger partial charge in [-0.05, 0) is 54.3 Å². The third-order valence-corrected chi connectivity index (χ3v) is 4.91. The van der Waals surface area contributed by atoms with E-state index in [1.54, 1.807) is 41.8 Å². The molecule has 0 radical (unpaired) electrons. The molecule has 0 spiro atoms. The average Bonchev–Trinajstić information content (AvgIpc) is 3.33. The Hall–Kier alpha value is -3.38. The molecule has 0 N–H and O–H groups in total. The molecule has 140 valence electrons. The molecule has 0 bridgehead atoms. The summed E-state index contributed by atoms with van der Waals surface area (Å²) in [4.78, 5) is 25.2. The monoisotopic (exact) mass is 392 g/mol. The van der Waals surface area contributed by atoms with E-state index in [0.717, 1.165) is 11.3 Å². The second-order valence-electron chi connectivity index (χ2n) is 5.97. The summed E-state index contributed by atoms with van der Waals surface area (Å²) in [7, 11) is 0. The number of benzene rings is 2. The van der Waals surface area contributed by atoms with Crippen molar-refractivity contribution in [3.05, 3.63) is 81.7 Å². The van der Waals surface area contributed by atoms with E-state index in [2.05, 4.69) is 0 Å². The lowest BCUT2D eigenvalue weighted by Crippen LogP contribution is -2.06. The molecule has 2 heterocycles. The Kier molecular flexibility index (Phi) is 4.95. The summed E-state index contributed by atoms with van der Waals surface area (Å²) in [6, 6.07) is 15.6. The number of ether oxygens (including phenoxy) is 3. The molecule has 28 heavy (non-hydrogen) atoms. The predicted octanol–water partition coefficient (Wildman–Crippen LogP) is 4.98. The number of hydrogen-bond donors (Lipinski definition) is 0. The zero-order valence-electron chi connectivity index (χ0n) is 15.0. The Bertz CT molecular complexity index is 1050. The highest BCUT2D eigenvalue weighted by Gasteiger charge is 2.28. The Morgan fingerprint density at radius 2 is 1.89 bits per heavy atom. The fraction of sp³-hybridized carbons (Fsp3) is 0.0909. The van der Waals surface area contributed by atoms with Gasteiger partial charge in [0.2, 0.25) is 5.78 Å². The smallest absolute Gasteiger partial charge is 0.353 e. The van der Waals surface area contributed by atoms with Crippen LogP contribution in [0.5, 0.6) is 17.2 Å². The van der Waals surface area contributed by atoms with Crippen LogP contribution in [0.2, 0.25) is 0 Å². The molecule has 4 rings (SSSR count). The molecule has 0 fully saturated rings. The van der Waals surface area contributed by atoms with E-state index >= 15 is 0 Å². The van der Waals surface area contributed by atoms with E-state index in [4.69, 9.17) is 14.2 Å². The van der Waals surface area contributed by atoms with Crippen molar-refractivity contribution < 1.29 is 23.8 Å². The maximum atomic E-state index is 12.6. The lowest BCUT2D eigenvalue weighted by molar-refractivity contribution is 0.0739. The number of Topliss-reactive ketones (excluding diaryl/α,β-unsaturated/α-hetero) is 1. The Balaban J connectivity index is 1.52. The second kappa shape index (κ2) is 7.70. The zero-order chi connectivity index (χ0) is 19.5. The van der Waals surface area contributed by atoms with Crippen molar-refractivity contribution in [3.63, 3.8) is 0 Å². The molecule has 0 saturated heterocycles. The number of hydrogen-bond acceptors (Lipinski definition) is 6. The quantitative estimate of drug-likeness (QED) is 0.348. The SMILES string of the molecule is CCOc1ccc(C=C2Oc3cc(OC(=O)c4cccs4)ccc3C2=O)cc1. The van der Waals surface area contributed by atoms with Gasteiger partial charge in [0.05, 0.1) is 12.2 Å². The normalized spacial score (nSPS) is 13.9. The summed E-state index contributed by atoms with van der Waals surface area (Å²) in [5, 5.41) is 1.80. The average molecular weight is 392 g/mol. The number of ketones is 1. The molecular weight excluding hydrogens is 376 g/mol. The molecule has 3 aromatic rings. The highest BCUT2D eigenvalue weighted by atomic mass is 32.1. The fourth-order valence-corrected chi connectivity index (χ4v) is 3.36. The lowest BCUT2D eigenvalue weighted by Gasteiger charge is -2.04. The molecule has 0 saturated carbocycles. The van der Waals surface area contributed by atoms with Crippen molar-refractivity contribution in [3.8, 4) is 17.2 Å². The largest absolute Gasteiger partial charge is 0.494 e. The molecule has 6 heteroatoms. The molecule has 1 aromatic heterocycles. The first-order valence-electron chi connectivity index (χ1n) is 8.71. The van der Waals surface area contributed by atoms with Crippen LogP contribution in [0, 0.1) is 0 Å². The van der Waals surface area contributed by atoms with E-state index in [0.29, 0.717) is 28.5 Å². The Morgan fingerprint density at radius 1 is 1.11 bits per heavy atom. The van der Waals surface area contributed by atoms with E-state index in [1.165, 1.54) is 11.3 Å². The highest BCUT2D eigenvalue weighted by Crippen LogP contribution is 2.35. The molecular formula is C22H16O5S. The minimum atomic E-state index is -0.440. The van der Waals surface area contributed by atoms with E-state index in [1.807, 2.05) is 31.2 Å². The number of allylic oxidation sites excluding steroid dienone is 1. The molecule has 1 aliphatic rings. The van der Waals surface area contributed by atoms with Gasteiger partial charge in [-0.25, -0.2) is 4.79 Å². The summed E-state index contributed by atoms with van der Waals surface area (Å²) >= 11 is 1.30. The topological polar surface area (TPSA) is 61.8 Å². The van der Waals surface area contributed by atoms with E-state index < -0.39 is 5.97 Å². The summed E-state index contributed by atoms with van der Waals surface area (Å²) in [5.74, 6) is 1.04. The number of carbonyl (C=O) groups is 2. The maximum absolute atomic E-state index is 12.6. The third kappa shape index (κ3) is 3.68. The van der Waals surface area contributed by atoms with Gasteiger partial charge in [0.15, 0.2) is 5.76 Å². The van der Waals surface area contributed by atoms with Gasteiger partial charge >= 0.3 is 5.97 Å². The van der Waals surface area contributed by atoms with Gasteiger partial charge < -0.3 is 14.2 Å². The third-order valence-electron chi connectivity index (χ3n) is 4.06. The maximum Gasteiger partial charge on any atom is 0.353 e. The summed E-state index contributed by atoms with van der Waals surface area (Å²) in [6.07, 6.45) is 1.68. The van der Waals surface area contributed by atoms with E-state index in [-0.39, 0.29) is 11.5 Å². The highest BCUT2D eigenvalue weighted by molar-refractivity contribution is 7.12. The first-order chi connectivity index (χ1) is 13.6. The van der Waals surface area contributed by atoms with Gasteiger partial charge in [-0.15, -0.1) is 11.3 Å². The number of rotatable bonds is 5. The standard InChI is InChI=1S/C22H16O5S/c1-2-25-15-7-5-14(6-8-15)12-19-21(23)17-10-9-16(13-18(17)27-19)26-22(24)20-4-3-11-28-20/h3-13H,2H2,1H3. The lowest BCUT2D eigenvalue weighted by atomic mass is 10.1. The molecule has 0 amide bonds. The molecule has 1 aliphatic heterocycles. The van der Waals surface area contributed by atoms with Gasteiger partial charge in [-0.3, -0.25) is 4.79 Å². The van der Waals surface area contributed by atoms with Crippen LogP contribution in [-0.2, 0) is 0 Å². The minimum absolute atomic E-state index is 0.208. The van der Waals surface area contributed by atoms with Crippen LogP contribution in [0.4, 0.5) is 0 Å². The van der Waals surface area contributed by atoms with Gasteiger partial charge in [0, 0.05) is 6.07 Å². The van der Waals surface area contributed by atoms with Crippen LogP contribution in [0.25, 0.3) is 6.08 Å². The second-order valence-corrected chi connectivity index (χ2v) is 6.91. The Morgan fingerprint density at radius 3 is 2.61 bits per heavy atom. The van der Waals surface area contributed by atoms with Crippen LogP contribution in [0.3, 0.4) is 0 Å². The van der Waals surface area contributed by atoms with Crippen LogP contribution in [0.15, 0.2) is 65.7 Å². The van der Waals surface area contributed by atoms with Crippen molar-refractivity contribution in [2.24, 2.45) is 0 Å². The number of carbonyl (C=O) groups excluding carboxylic acids is 2. The van der Waals surface area contributed by atoms with Crippen LogP contribution in [0.1, 0.15) is 32.5 Å². The summed E-state index contributed by atoms with van der Waals surface area (Å²) in [6.45, 7) is 2.51. The molecule has 5 nitrogen and oxygen atoms in total. The van der Waals surface area contributed by atoms with Crippen molar-refractivity contribution in [1.29, 1.82) is 0 Å². The fourth-order valence-electron chi connectivity index (χ4n) is 2.76. The number of esters is 1. The Labute approximate surface area is 165 Å². The minimum Gasteiger partial charge on any atom is -0.494 e. The first kappa shape index (κ1) is 18.0. The van der Waals surface area contributed by atoms with Gasteiger partial charge in [-0.1, -0.05) is 18.2 Å². The van der Waals surface area contributed by atoms with Gasteiger partial charge in [0.25, 0.3) is 0 Å². The van der Waals surface area contributed by atoms with Gasteiger partial charge in [-0.2, -0.15) is 0 Å². The predicted molar refractivity (Wildman–Crippen MR) is 106 cm³/mol. The van der Waals surface area contributed by atoms with Gasteiger partial charge in [0.1, 0.15) is 22.1 Å². The molecule has 0 atom stereocenters. The van der Waals surface area contributed by atoms with Crippen LogP contribution < -0.4 is 14.2 Å². The number of fused-ring (bicyclic) bond motifs is 1.